The third-order valence-corrected chi connectivity index (χ3v) is 3.09. The van der Waals surface area contributed by atoms with Crippen LogP contribution < -0.4 is 5.32 Å². The summed E-state index contributed by atoms with van der Waals surface area (Å²) in [7, 11) is 0. The molecule has 1 rings (SSSR count). The van der Waals surface area contributed by atoms with Crippen molar-refractivity contribution >= 4 is 21.8 Å². The monoisotopic (exact) mass is 329 g/mol. The van der Waals surface area contributed by atoms with E-state index in [0.29, 0.717) is 13.2 Å². The molecule has 0 spiro atoms. The molecule has 4 nitrogen and oxygen atoms in total. The molecule has 19 heavy (non-hydrogen) atoms. The average Bonchev–Trinajstić information content (AvgIpc) is 2.37. The summed E-state index contributed by atoms with van der Waals surface area (Å²) in [5, 5.41) is 12.4. The van der Waals surface area contributed by atoms with E-state index in [9.17, 15) is 9.90 Å². The van der Waals surface area contributed by atoms with Gasteiger partial charge in [0.05, 0.1) is 5.56 Å². The molecule has 0 heterocycles. The van der Waals surface area contributed by atoms with Gasteiger partial charge in [-0.2, -0.15) is 0 Å². The molecule has 0 saturated carbocycles. The highest BCUT2D eigenvalue weighted by Crippen LogP contribution is 2.21. The minimum atomic E-state index is -0.265. The van der Waals surface area contributed by atoms with Gasteiger partial charge in [-0.05, 0) is 31.0 Å². The van der Waals surface area contributed by atoms with Gasteiger partial charge in [-0.3, -0.25) is 4.79 Å². The normalized spacial score (nSPS) is 10.4. The Hall–Kier alpha value is -1.07. The number of unbranched alkanes of at least 4 members (excludes halogenated alkanes) is 1. The van der Waals surface area contributed by atoms with Crippen molar-refractivity contribution in [2.24, 2.45) is 0 Å². The standard InChI is InChI=1S/C14H20BrNO3/c1-2-3-8-19-9-4-7-16-14(18)12-6-5-11(15)10-13(12)17/h5-6,10,17H,2-4,7-9H2,1H3,(H,16,18). The molecule has 0 bridgehead atoms. The molecule has 0 radical (unpaired) electrons. The zero-order chi connectivity index (χ0) is 14.1. The van der Waals surface area contributed by atoms with E-state index in [0.717, 1.165) is 30.3 Å². The SMILES string of the molecule is CCCCOCCCNC(=O)c1ccc(Br)cc1O. The number of ether oxygens (including phenoxy) is 1. The number of halogens is 1. The second-order valence-electron chi connectivity index (χ2n) is 4.24. The summed E-state index contributed by atoms with van der Waals surface area (Å²) < 4.78 is 6.14. The van der Waals surface area contributed by atoms with E-state index in [1.165, 1.54) is 6.07 Å². The van der Waals surface area contributed by atoms with Crippen molar-refractivity contribution in [1.82, 2.24) is 5.32 Å². The lowest BCUT2D eigenvalue weighted by molar-refractivity contribution is 0.0938. The third kappa shape index (κ3) is 6.07. The Kier molecular flexibility index (Phi) is 7.52. The Morgan fingerprint density at radius 2 is 2.11 bits per heavy atom. The topological polar surface area (TPSA) is 58.6 Å². The number of amides is 1. The zero-order valence-electron chi connectivity index (χ0n) is 11.1. The summed E-state index contributed by atoms with van der Waals surface area (Å²) >= 11 is 3.23. The third-order valence-electron chi connectivity index (χ3n) is 2.60. The molecule has 0 aliphatic rings. The first-order valence-corrected chi connectivity index (χ1v) is 7.29. The van der Waals surface area contributed by atoms with Gasteiger partial charge in [0, 0.05) is 24.2 Å². The molecule has 5 heteroatoms. The predicted octanol–water partition coefficient (Wildman–Crippen LogP) is 3.09. The molecular formula is C14H20BrNO3. The summed E-state index contributed by atoms with van der Waals surface area (Å²) in [6.07, 6.45) is 2.96. The van der Waals surface area contributed by atoms with Gasteiger partial charge in [-0.15, -0.1) is 0 Å². The highest BCUT2D eigenvalue weighted by molar-refractivity contribution is 9.10. The van der Waals surface area contributed by atoms with Gasteiger partial charge in [0.1, 0.15) is 5.75 Å². The van der Waals surface area contributed by atoms with Crippen LogP contribution in [0.2, 0.25) is 0 Å². The first-order valence-electron chi connectivity index (χ1n) is 6.49. The summed E-state index contributed by atoms with van der Waals surface area (Å²) in [5.41, 5.74) is 0.287. The molecule has 1 aromatic carbocycles. The van der Waals surface area contributed by atoms with Crippen LogP contribution in [0.1, 0.15) is 36.5 Å². The highest BCUT2D eigenvalue weighted by atomic mass is 79.9. The van der Waals surface area contributed by atoms with Crippen molar-refractivity contribution in [2.45, 2.75) is 26.2 Å². The van der Waals surface area contributed by atoms with Gasteiger partial charge < -0.3 is 15.2 Å². The number of carbonyl (C=O) groups is 1. The number of benzene rings is 1. The van der Waals surface area contributed by atoms with Crippen LogP contribution in [-0.2, 0) is 4.74 Å². The average molecular weight is 330 g/mol. The number of nitrogens with one attached hydrogen (secondary N) is 1. The Balaban J connectivity index is 2.24. The van der Waals surface area contributed by atoms with Gasteiger partial charge >= 0.3 is 0 Å². The van der Waals surface area contributed by atoms with Crippen LogP contribution in [0.15, 0.2) is 22.7 Å². The minimum Gasteiger partial charge on any atom is -0.507 e. The van der Waals surface area contributed by atoms with Crippen LogP contribution in [0.5, 0.6) is 5.75 Å². The van der Waals surface area contributed by atoms with E-state index in [1.54, 1.807) is 12.1 Å². The molecule has 0 aliphatic carbocycles. The first kappa shape index (κ1) is 16.0. The Labute approximate surface area is 122 Å². The molecule has 1 amide bonds. The zero-order valence-corrected chi connectivity index (χ0v) is 12.7. The predicted molar refractivity (Wildman–Crippen MR) is 78.5 cm³/mol. The second-order valence-corrected chi connectivity index (χ2v) is 5.15. The largest absolute Gasteiger partial charge is 0.507 e. The number of rotatable bonds is 8. The van der Waals surface area contributed by atoms with E-state index in [2.05, 4.69) is 28.2 Å². The van der Waals surface area contributed by atoms with Crippen molar-refractivity contribution in [3.05, 3.63) is 28.2 Å². The molecule has 1 aromatic rings. The lowest BCUT2D eigenvalue weighted by Gasteiger charge is -2.07. The van der Waals surface area contributed by atoms with E-state index in [1.807, 2.05) is 0 Å². The van der Waals surface area contributed by atoms with Gasteiger partial charge in [-0.25, -0.2) is 0 Å². The fourth-order valence-electron chi connectivity index (χ4n) is 1.52. The number of hydrogen-bond acceptors (Lipinski definition) is 3. The molecule has 0 aliphatic heterocycles. The molecule has 0 fully saturated rings. The van der Waals surface area contributed by atoms with Crippen molar-refractivity contribution in [1.29, 1.82) is 0 Å². The molecular weight excluding hydrogens is 310 g/mol. The smallest absolute Gasteiger partial charge is 0.255 e. The maximum atomic E-state index is 11.8. The number of carbonyl (C=O) groups excluding carboxylic acids is 1. The van der Waals surface area contributed by atoms with E-state index in [4.69, 9.17) is 4.74 Å². The Morgan fingerprint density at radius 3 is 2.79 bits per heavy atom. The number of aromatic hydroxyl groups is 1. The van der Waals surface area contributed by atoms with E-state index < -0.39 is 0 Å². The van der Waals surface area contributed by atoms with Crippen molar-refractivity contribution in [3.63, 3.8) is 0 Å². The highest BCUT2D eigenvalue weighted by Gasteiger charge is 2.10. The van der Waals surface area contributed by atoms with Gasteiger partial charge in [0.2, 0.25) is 0 Å². The summed E-state index contributed by atoms with van der Waals surface area (Å²) in [6.45, 7) is 4.08. The summed E-state index contributed by atoms with van der Waals surface area (Å²) in [5.74, 6) is -0.287. The fraction of sp³-hybridized carbons (Fsp3) is 0.500. The minimum absolute atomic E-state index is 0.0222. The van der Waals surface area contributed by atoms with Gasteiger partial charge in [0.15, 0.2) is 0 Å². The molecule has 0 aromatic heterocycles. The van der Waals surface area contributed by atoms with Crippen molar-refractivity contribution < 1.29 is 14.6 Å². The molecule has 0 atom stereocenters. The van der Waals surface area contributed by atoms with Crippen LogP contribution in [0.3, 0.4) is 0 Å². The number of phenolic OH excluding ortho intramolecular Hbond substituents is 1. The number of hydrogen-bond donors (Lipinski definition) is 2. The van der Waals surface area contributed by atoms with Crippen LogP contribution in [-0.4, -0.2) is 30.8 Å². The van der Waals surface area contributed by atoms with Crippen molar-refractivity contribution in [2.75, 3.05) is 19.8 Å². The first-order chi connectivity index (χ1) is 9.15. The summed E-state index contributed by atoms with van der Waals surface area (Å²) in [4.78, 5) is 11.8. The maximum absolute atomic E-state index is 11.8. The quantitative estimate of drug-likeness (QED) is 0.720. The van der Waals surface area contributed by atoms with E-state index >= 15 is 0 Å². The van der Waals surface area contributed by atoms with Crippen LogP contribution in [0.25, 0.3) is 0 Å². The molecule has 2 N–H and O–H groups in total. The van der Waals surface area contributed by atoms with Crippen molar-refractivity contribution in [3.8, 4) is 5.75 Å². The molecule has 0 unspecified atom stereocenters. The van der Waals surface area contributed by atoms with Gasteiger partial charge in [0.25, 0.3) is 5.91 Å². The molecule has 106 valence electrons. The fourth-order valence-corrected chi connectivity index (χ4v) is 1.87. The lowest BCUT2D eigenvalue weighted by Crippen LogP contribution is -2.25. The van der Waals surface area contributed by atoms with Crippen LogP contribution >= 0.6 is 15.9 Å². The van der Waals surface area contributed by atoms with Crippen LogP contribution in [0.4, 0.5) is 0 Å². The van der Waals surface area contributed by atoms with Crippen LogP contribution in [0, 0.1) is 0 Å². The Bertz CT molecular complexity index is 410. The van der Waals surface area contributed by atoms with E-state index in [-0.39, 0.29) is 17.2 Å². The summed E-state index contributed by atoms with van der Waals surface area (Å²) in [6, 6.07) is 4.82. The Morgan fingerprint density at radius 1 is 1.37 bits per heavy atom. The number of phenols is 1. The maximum Gasteiger partial charge on any atom is 0.255 e. The van der Waals surface area contributed by atoms with Gasteiger partial charge in [-0.1, -0.05) is 29.3 Å². The molecule has 0 saturated heterocycles. The lowest BCUT2D eigenvalue weighted by atomic mass is 10.2. The second kappa shape index (κ2) is 8.93.